The minimum Gasteiger partial charge on any atom is -0.496 e. The molecule has 2 aromatic rings. The highest BCUT2D eigenvalue weighted by Crippen LogP contribution is 2.22. The summed E-state index contributed by atoms with van der Waals surface area (Å²) in [6, 6.07) is 15.1. The summed E-state index contributed by atoms with van der Waals surface area (Å²) < 4.78 is 5.28. The van der Waals surface area contributed by atoms with Crippen molar-refractivity contribution < 1.29 is 4.74 Å². The van der Waals surface area contributed by atoms with E-state index < -0.39 is 0 Å². The standard InChI is InChI=1S/C15H13ClN2O/c1-19-15-5-3-2-4-12(15)10-18-13-7-6-11(9-17)14(16)8-13/h2-8,18H,10H2,1H3. The lowest BCUT2D eigenvalue weighted by Gasteiger charge is -2.10. The normalized spacial score (nSPS) is 9.74. The van der Waals surface area contributed by atoms with E-state index in [9.17, 15) is 0 Å². The summed E-state index contributed by atoms with van der Waals surface area (Å²) in [6.07, 6.45) is 0. The molecule has 0 amide bonds. The number of anilines is 1. The first-order valence-electron chi connectivity index (χ1n) is 5.80. The summed E-state index contributed by atoms with van der Waals surface area (Å²) in [5.41, 5.74) is 2.41. The van der Waals surface area contributed by atoms with Gasteiger partial charge in [-0.25, -0.2) is 0 Å². The smallest absolute Gasteiger partial charge is 0.123 e. The number of ether oxygens (including phenoxy) is 1. The van der Waals surface area contributed by atoms with Crippen LogP contribution in [0.25, 0.3) is 0 Å². The van der Waals surface area contributed by atoms with Gasteiger partial charge in [-0.05, 0) is 24.3 Å². The van der Waals surface area contributed by atoms with Crippen molar-refractivity contribution in [2.45, 2.75) is 6.54 Å². The maximum atomic E-state index is 8.81. The van der Waals surface area contributed by atoms with Crippen molar-refractivity contribution in [1.82, 2.24) is 0 Å². The van der Waals surface area contributed by atoms with Crippen molar-refractivity contribution >= 4 is 17.3 Å². The highest BCUT2D eigenvalue weighted by Gasteiger charge is 2.03. The number of methoxy groups -OCH3 is 1. The molecule has 2 aromatic carbocycles. The third kappa shape index (κ3) is 3.18. The number of halogens is 1. The number of nitrogens with zero attached hydrogens (tertiary/aromatic N) is 1. The zero-order valence-electron chi connectivity index (χ0n) is 10.5. The third-order valence-electron chi connectivity index (χ3n) is 2.77. The number of hydrogen-bond donors (Lipinski definition) is 1. The fourth-order valence-electron chi connectivity index (χ4n) is 1.76. The lowest BCUT2D eigenvalue weighted by molar-refractivity contribution is 0.410. The molecule has 1 N–H and O–H groups in total. The predicted molar refractivity (Wildman–Crippen MR) is 76.5 cm³/mol. The second-order valence-electron chi connectivity index (χ2n) is 3.97. The lowest BCUT2D eigenvalue weighted by Crippen LogP contribution is -2.01. The van der Waals surface area contributed by atoms with Gasteiger partial charge in [-0.2, -0.15) is 5.26 Å². The first kappa shape index (κ1) is 13.3. The Kier molecular flexibility index (Phi) is 4.27. The van der Waals surface area contributed by atoms with Crippen LogP contribution in [0, 0.1) is 11.3 Å². The largest absolute Gasteiger partial charge is 0.496 e. The molecule has 0 fully saturated rings. The summed E-state index contributed by atoms with van der Waals surface area (Å²) in [7, 11) is 1.65. The number of para-hydroxylation sites is 1. The molecular weight excluding hydrogens is 260 g/mol. The average molecular weight is 273 g/mol. The minimum absolute atomic E-state index is 0.451. The van der Waals surface area contributed by atoms with Gasteiger partial charge in [-0.15, -0.1) is 0 Å². The molecule has 2 rings (SSSR count). The summed E-state index contributed by atoms with van der Waals surface area (Å²) in [5, 5.41) is 12.5. The van der Waals surface area contributed by atoms with E-state index in [-0.39, 0.29) is 0 Å². The molecular formula is C15H13ClN2O. The molecule has 0 aliphatic heterocycles. The van der Waals surface area contributed by atoms with E-state index in [1.165, 1.54) is 0 Å². The number of benzene rings is 2. The van der Waals surface area contributed by atoms with Crippen LogP contribution in [0.3, 0.4) is 0 Å². The van der Waals surface area contributed by atoms with Crippen LogP contribution in [0.4, 0.5) is 5.69 Å². The maximum Gasteiger partial charge on any atom is 0.123 e. The van der Waals surface area contributed by atoms with Crippen molar-refractivity contribution in [2.75, 3.05) is 12.4 Å². The van der Waals surface area contributed by atoms with Gasteiger partial charge in [0, 0.05) is 17.8 Å². The monoisotopic (exact) mass is 272 g/mol. The molecule has 19 heavy (non-hydrogen) atoms. The Balaban J connectivity index is 2.11. The lowest BCUT2D eigenvalue weighted by atomic mass is 10.2. The van der Waals surface area contributed by atoms with Crippen molar-refractivity contribution in [1.29, 1.82) is 5.26 Å². The van der Waals surface area contributed by atoms with Crippen LogP contribution >= 0.6 is 11.6 Å². The number of rotatable bonds is 4. The first-order valence-corrected chi connectivity index (χ1v) is 6.18. The molecule has 0 heterocycles. The molecule has 0 aromatic heterocycles. The van der Waals surface area contributed by atoms with Gasteiger partial charge in [0.1, 0.15) is 11.8 Å². The van der Waals surface area contributed by atoms with E-state index in [1.807, 2.05) is 36.4 Å². The Hall–Kier alpha value is -2.18. The zero-order valence-corrected chi connectivity index (χ0v) is 11.2. The molecule has 0 unspecified atom stereocenters. The molecule has 0 atom stereocenters. The number of nitrogens with one attached hydrogen (secondary N) is 1. The van der Waals surface area contributed by atoms with E-state index in [1.54, 1.807) is 19.2 Å². The summed E-state index contributed by atoms with van der Waals surface area (Å²) in [4.78, 5) is 0. The SMILES string of the molecule is COc1ccccc1CNc1ccc(C#N)c(Cl)c1. The Labute approximate surface area is 117 Å². The van der Waals surface area contributed by atoms with E-state index in [0.29, 0.717) is 17.1 Å². The predicted octanol–water partition coefficient (Wildman–Crippen LogP) is 3.83. The van der Waals surface area contributed by atoms with Crippen molar-refractivity contribution in [3.05, 3.63) is 58.6 Å². The molecule has 0 aliphatic rings. The van der Waals surface area contributed by atoms with Crippen molar-refractivity contribution in [3.8, 4) is 11.8 Å². The fraction of sp³-hybridized carbons (Fsp3) is 0.133. The summed E-state index contributed by atoms with van der Waals surface area (Å²) >= 11 is 5.98. The second kappa shape index (κ2) is 6.12. The van der Waals surface area contributed by atoms with Gasteiger partial charge in [-0.1, -0.05) is 29.8 Å². The van der Waals surface area contributed by atoms with Crippen LogP contribution in [0.2, 0.25) is 5.02 Å². The van der Waals surface area contributed by atoms with Crippen LogP contribution in [-0.2, 0) is 6.54 Å². The van der Waals surface area contributed by atoms with Gasteiger partial charge in [-0.3, -0.25) is 0 Å². The Morgan fingerprint density at radius 3 is 2.74 bits per heavy atom. The third-order valence-corrected chi connectivity index (χ3v) is 3.08. The van der Waals surface area contributed by atoms with Crippen molar-refractivity contribution in [3.63, 3.8) is 0 Å². The first-order chi connectivity index (χ1) is 9.24. The van der Waals surface area contributed by atoms with Gasteiger partial charge in [0.15, 0.2) is 0 Å². The van der Waals surface area contributed by atoms with Crippen LogP contribution < -0.4 is 10.1 Å². The Morgan fingerprint density at radius 2 is 2.05 bits per heavy atom. The molecule has 0 saturated carbocycles. The molecule has 0 aliphatic carbocycles. The van der Waals surface area contributed by atoms with Crippen molar-refractivity contribution in [2.24, 2.45) is 0 Å². The second-order valence-corrected chi connectivity index (χ2v) is 4.38. The van der Waals surface area contributed by atoms with Crippen LogP contribution in [-0.4, -0.2) is 7.11 Å². The highest BCUT2D eigenvalue weighted by atomic mass is 35.5. The molecule has 96 valence electrons. The molecule has 0 spiro atoms. The number of nitriles is 1. The van der Waals surface area contributed by atoms with Crippen LogP contribution in [0.5, 0.6) is 5.75 Å². The highest BCUT2D eigenvalue weighted by molar-refractivity contribution is 6.32. The van der Waals surface area contributed by atoms with Crippen LogP contribution in [0.1, 0.15) is 11.1 Å². The maximum absolute atomic E-state index is 8.81. The van der Waals surface area contributed by atoms with Gasteiger partial charge >= 0.3 is 0 Å². The topological polar surface area (TPSA) is 45.0 Å². The molecule has 0 saturated heterocycles. The number of hydrogen-bond acceptors (Lipinski definition) is 3. The van der Waals surface area contributed by atoms with Gasteiger partial charge in [0.25, 0.3) is 0 Å². The average Bonchev–Trinajstić information content (AvgIpc) is 2.45. The minimum atomic E-state index is 0.451. The molecule has 0 radical (unpaired) electrons. The van der Waals surface area contributed by atoms with Gasteiger partial charge < -0.3 is 10.1 Å². The van der Waals surface area contributed by atoms with E-state index in [4.69, 9.17) is 21.6 Å². The fourth-order valence-corrected chi connectivity index (χ4v) is 1.98. The summed E-state index contributed by atoms with van der Waals surface area (Å²) in [6.45, 7) is 0.631. The molecule has 3 nitrogen and oxygen atoms in total. The zero-order chi connectivity index (χ0) is 13.7. The van der Waals surface area contributed by atoms with Gasteiger partial charge in [0.05, 0.1) is 17.7 Å². The van der Waals surface area contributed by atoms with E-state index >= 15 is 0 Å². The van der Waals surface area contributed by atoms with Gasteiger partial charge in [0.2, 0.25) is 0 Å². The van der Waals surface area contributed by atoms with E-state index in [0.717, 1.165) is 17.0 Å². The quantitative estimate of drug-likeness (QED) is 0.920. The molecule has 0 bridgehead atoms. The Bertz CT molecular complexity index is 620. The van der Waals surface area contributed by atoms with Crippen LogP contribution in [0.15, 0.2) is 42.5 Å². The summed E-state index contributed by atoms with van der Waals surface area (Å²) in [5.74, 6) is 0.842. The van der Waals surface area contributed by atoms with E-state index in [2.05, 4.69) is 5.32 Å². The molecule has 4 heteroatoms. The Morgan fingerprint density at radius 1 is 1.26 bits per heavy atom.